The maximum absolute atomic E-state index is 9.60. The van der Waals surface area contributed by atoms with Crippen LogP contribution in [0.4, 0.5) is 0 Å². The summed E-state index contributed by atoms with van der Waals surface area (Å²) < 4.78 is 0. The lowest BCUT2D eigenvalue weighted by Crippen LogP contribution is -2.15. The van der Waals surface area contributed by atoms with E-state index in [9.17, 15) is 5.11 Å². The molecule has 0 amide bonds. The number of phenolic OH excluding ortho intramolecular Hbond substituents is 1. The van der Waals surface area contributed by atoms with Crippen molar-refractivity contribution in [2.75, 3.05) is 0 Å². The monoisotopic (exact) mass is 259 g/mol. The zero-order chi connectivity index (χ0) is 12.5. The van der Waals surface area contributed by atoms with Crippen LogP contribution in [0.3, 0.4) is 0 Å². The topological polar surface area (TPSA) is 23.5 Å². The third-order valence-corrected chi connectivity index (χ3v) is 3.64. The molecule has 0 aromatic heterocycles. The van der Waals surface area contributed by atoms with Crippen LogP contribution in [0.2, 0.25) is 5.02 Å². The number of benzene rings is 2. The van der Waals surface area contributed by atoms with Gasteiger partial charge < -0.3 is 5.11 Å². The van der Waals surface area contributed by atoms with E-state index in [1.165, 1.54) is 11.1 Å². The van der Waals surface area contributed by atoms with Gasteiger partial charge in [0.25, 0.3) is 0 Å². The maximum Gasteiger partial charge on any atom is 0.134 e. The third-order valence-electron chi connectivity index (χ3n) is 3.32. The average molecular weight is 260 g/mol. The van der Waals surface area contributed by atoms with E-state index in [1.807, 2.05) is 6.07 Å². The van der Waals surface area contributed by atoms with E-state index in [-0.39, 0.29) is 5.75 Å². The molecule has 0 spiro atoms. The van der Waals surface area contributed by atoms with Gasteiger partial charge in [-0.05, 0) is 28.8 Å². The van der Waals surface area contributed by atoms with Crippen LogP contribution in [0.25, 0.3) is 0 Å². The third kappa shape index (κ3) is 2.22. The van der Waals surface area contributed by atoms with E-state index in [0.717, 1.165) is 25.2 Å². The molecule has 3 rings (SSSR count). The number of aromatic hydroxyl groups is 1. The van der Waals surface area contributed by atoms with Crippen molar-refractivity contribution < 1.29 is 5.11 Å². The number of fused-ring (bicyclic) bond motifs is 1. The molecule has 0 atom stereocenters. The molecule has 0 radical (unpaired) electrons. The van der Waals surface area contributed by atoms with Crippen molar-refractivity contribution in [2.45, 2.75) is 19.6 Å². The van der Waals surface area contributed by atoms with Gasteiger partial charge in [-0.15, -0.1) is 0 Å². The summed E-state index contributed by atoms with van der Waals surface area (Å²) in [6, 6.07) is 14.0. The number of hydrogen-bond donors (Lipinski definition) is 1. The van der Waals surface area contributed by atoms with Crippen molar-refractivity contribution >= 4 is 11.6 Å². The first-order chi connectivity index (χ1) is 8.72. The van der Waals surface area contributed by atoms with Gasteiger partial charge in [0, 0.05) is 19.6 Å². The van der Waals surface area contributed by atoms with Crippen LogP contribution in [-0.4, -0.2) is 10.0 Å². The lowest BCUT2D eigenvalue weighted by atomic mass is 10.1. The smallest absolute Gasteiger partial charge is 0.134 e. The van der Waals surface area contributed by atoms with Crippen molar-refractivity contribution in [2.24, 2.45) is 0 Å². The first-order valence-corrected chi connectivity index (χ1v) is 6.37. The van der Waals surface area contributed by atoms with Crippen LogP contribution in [0.15, 0.2) is 42.5 Å². The Morgan fingerprint density at radius 3 is 2.33 bits per heavy atom. The SMILES string of the molecule is Oc1cc(CN2Cc3ccccc3C2)ccc1Cl. The molecule has 2 nitrogen and oxygen atoms in total. The summed E-state index contributed by atoms with van der Waals surface area (Å²) in [5, 5.41) is 10.0. The summed E-state index contributed by atoms with van der Waals surface area (Å²) in [6.45, 7) is 2.78. The fraction of sp³-hybridized carbons (Fsp3) is 0.200. The first-order valence-electron chi connectivity index (χ1n) is 5.99. The second kappa shape index (κ2) is 4.63. The number of phenols is 1. The predicted molar refractivity (Wildman–Crippen MR) is 72.5 cm³/mol. The van der Waals surface area contributed by atoms with E-state index < -0.39 is 0 Å². The molecule has 1 heterocycles. The van der Waals surface area contributed by atoms with Crippen molar-refractivity contribution in [3.05, 3.63) is 64.2 Å². The van der Waals surface area contributed by atoms with Crippen LogP contribution in [0, 0.1) is 0 Å². The minimum absolute atomic E-state index is 0.158. The molecule has 1 N–H and O–H groups in total. The Hall–Kier alpha value is -1.51. The molecule has 1 aliphatic rings. The fourth-order valence-electron chi connectivity index (χ4n) is 2.43. The molecule has 0 unspecified atom stereocenters. The Morgan fingerprint density at radius 2 is 1.72 bits per heavy atom. The van der Waals surface area contributed by atoms with Crippen molar-refractivity contribution in [3.8, 4) is 5.75 Å². The minimum Gasteiger partial charge on any atom is -0.506 e. The van der Waals surface area contributed by atoms with Gasteiger partial charge in [-0.1, -0.05) is 41.9 Å². The normalized spacial score (nSPS) is 14.7. The van der Waals surface area contributed by atoms with Crippen LogP contribution < -0.4 is 0 Å². The minimum atomic E-state index is 0.158. The molecule has 0 saturated carbocycles. The van der Waals surface area contributed by atoms with E-state index in [0.29, 0.717) is 5.02 Å². The summed E-state index contributed by atoms with van der Waals surface area (Å²) in [5.74, 6) is 0.158. The first kappa shape index (κ1) is 11.6. The predicted octanol–water partition coefficient (Wildman–Crippen LogP) is 3.56. The molecular formula is C15H14ClNO. The van der Waals surface area contributed by atoms with Gasteiger partial charge in [0.15, 0.2) is 0 Å². The van der Waals surface area contributed by atoms with Gasteiger partial charge in [-0.2, -0.15) is 0 Å². The summed E-state index contributed by atoms with van der Waals surface area (Å²) in [5.41, 5.74) is 3.89. The number of nitrogens with zero attached hydrogens (tertiary/aromatic N) is 1. The molecule has 0 bridgehead atoms. The van der Waals surface area contributed by atoms with E-state index >= 15 is 0 Å². The quantitative estimate of drug-likeness (QED) is 0.891. The van der Waals surface area contributed by atoms with E-state index in [2.05, 4.69) is 29.2 Å². The summed E-state index contributed by atoms with van der Waals surface area (Å²) in [4.78, 5) is 2.35. The fourth-order valence-corrected chi connectivity index (χ4v) is 2.55. The lowest BCUT2D eigenvalue weighted by molar-refractivity contribution is 0.275. The Kier molecular flexibility index (Phi) is 2.98. The highest BCUT2D eigenvalue weighted by molar-refractivity contribution is 6.31. The zero-order valence-corrected chi connectivity index (χ0v) is 10.7. The van der Waals surface area contributed by atoms with Gasteiger partial charge in [-0.3, -0.25) is 4.90 Å². The largest absolute Gasteiger partial charge is 0.506 e. The highest BCUT2D eigenvalue weighted by Gasteiger charge is 2.18. The van der Waals surface area contributed by atoms with E-state index in [1.54, 1.807) is 12.1 Å². The summed E-state index contributed by atoms with van der Waals surface area (Å²) in [6.07, 6.45) is 0. The summed E-state index contributed by atoms with van der Waals surface area (Å²) >= 11 is 5.81. The van der Waals surface area contributed by atoms with E-state index in [4.69, 9.17) is 11.6 Å². The Morgan fingerprint density at radius 1 is 1.06 bits per heavy atom. The van der Waals surface area contributed by atoms with Crippen LogP contribution in [0.5, 0.6) is 5.75 Å². The molecule has 1 aliphatic heterocycles. The standard InChI is InChI=1S/C15H14ClNO/c16-14-6-5-11(7-15(14)18)8-17-9-12-3-1-2-4-13(12)10-17/h1-7,18H,8-10H2. The molecular weight excluding hydrogens is 246 g/mol. The van der Waals surface area contributed by atoms with Gasteiger partial charge in [0.2, 0.25) is 0 Å². The van der Waals surface area contributed by atoms with Crippen molar-refractivity contribution in [1.82, 2.24) is 4.90 Å². The number of rotatable bonds is 2. The lowest BCUT2D eigenvalue weighted by Gasteiger charge is -2.15. The molecule has 2 aromatic rings. The van der Waals surface area contributed by atoms with Crippen LogP contribution in [0.1, 0.15) is 16.7 Å². The molecule has 0 saturated heterocycles. The number of halogens is 1. The molecule has 0 fully saturated rings. The van der Waals surface area contributed by atoms with Crippen LogP contribution in [-0.2, 0) is 19.6 Å². The Bertz CT molecular complexity index is 557. The molecule has 2 aromatic carbocycles. The average Bonchev–Trinajstić information content (AvgIpc) is 2.76. The second-order valence-corrected chi connectivity index (χ2v) is 5.11. The highest BCUT2D eigenvalue weighted by atomic mass is 35.5. The highest BCUT2D eigenvalue weighted by Crippen LogP contribution is 2.27. The Balaban J connectivity index is 1.74. The molecule has 92 valence electrons. The Labute approximate surface area is 111 Å². The maximum atomic E-state index is 9.60. The van der Waals surface area contributed by atoms with Crippen LogP contribution >= 0.6 is 11.6 Å². The van der Waals surface area contributed by atoms with Crippen molar-refractivity contribution in [1.29, 1.82) is 0 Å². The molecule has 0 aliphatic carbocycles. The van der Waals surface area contributed by atoms with Gasteiger partial charge in [0.05, 0.1) is 5.02 Å². The van der Waals surface area contributed by atoms with Gasteiger partial charge >= 0.3 is 0 Å². The summed E-state index contributed by atoms with van der Waals surface area (Å²) in [7, 11) is 0. The van der Waals surface area contributed by atoms with Gasteiger partial charge in [-0.25, -0.2) is 0 Å². The number of hydrogen-bond acceptors (Lipinski definition) is 2. The van der Waals surface area contributed by atoms with Gasteiger partial charge in [0.1, 0.15) is 5.75 Å². The second-order valence-electron chi connectivity index (χ2n) is 4.70. The zero-order valence-electron chi connectivity index (χ0n) is 9.94. The van der Waals surface area contributed by atoms with Crippen molar-refractivity contribution in [3.63, 3.8) is 0 Å². The molecule has 3 heteroatoms. The molecule has 18 heavy (non-hydrogen) atoms.